The van der Waals surface area contributed by atoms with Gasteiger partial charge in [0.05, 0.1) is 0 Å². The van der Waals surface area contributed by atoms with Crippen molar-refractivity contribution in [1.82, 2.24) is 0 Å². The van der Waals surface area contributed by atoms with Crippen LogP contribution in [0, 0.1) is 5.92 Å². The molecule has 27 heavy (non-hydrogen) atoms. The SMILES string of the molecule is CC(C)C[As](C1CC1)[C@H](CN)C(=O)Nc1ccc(N2CCOCC2=O)cc1. The molecule has 3 rings (SSSR count). The van der Waals surface area contributed by atoms with Gasteiger partial charge in [-0.05, 0) is 0 Å². The first-order chi connectivity index (χ1) is 13.0. The van der Waals surface area contributed by atoms with Crippen LogP contribution in [0.5, 0.6) is 0 Å². The number of morpholine rings is 1. The molecule has 2 amide bonds. The Kier molecular flexibility index (Phi) is 6.96. The third kappa shape index (κ3) is 5.34. The van der Waals surface area contributed by atoms with Crippen molar-refractivity contribution in [3.05, 3.63) is 24.3 Å². The summed E-state index contributed by atoms with van der Waals surface area (Å²) in [6.45, 7) is 6.15. The van der Waals surface area contributed by atoms with Gasteiger partial charge in [-0.1, -0.05) is 0 Å². The molecule has 0 radical (unpaired) electrons. The molecule has 6 nitrogen and oxygen atoms in total. The fraction of sp³-hybridized carbons (Fsp3) is 0.600. The number of nitrogens with one attached hydrogen (secondary N) is 1. The topological polar surface area (TPSA) is 84.7 Å². The van der Waals surface area contributed by atoms with Crippen molar-refractivity contribution in [2.75, 3.05) is 36.5 Å². The number of nitrogens with zero attached hydrogens (tertiary/aromatic N) is 1. The Bertz CT molecular complexity index is 661. The van der Waals surface area contributed by atoms with Crippen molar-refractivity contribution >= 4 is 37.8 Å². The maximum atomic E-state index is 12.9. The number of hydrogen-bond donors (Lipinski definition) is 2. The Morgan fingerprint density at radius 2 is 2.04 bits per heavy atom. The first kappa shape index (κ1) is 20.4. The zero-order valence-corrected chi connectivity index (χ0v) is 18.1. The molecule has 2 atom stereocenters. The Labute approximate surface area is 166 Å². The molecule has 148 valence electrons. The first-order valence-corrected chi connectivity index (χ1v) is 13.2. The molecule has 2 fully saturated rings. The van der Waals surface area contributed by atoms with Gasteiger partial charge in [0, 0.05) is 0 Å². The average Bonchev–Trinajstić information content (AvgIpc) is 3.47. The number of benzene rings is 1. The number of nitrogens with two attached hydrogens (primary N) is 1. The number of carbonyl (C=O) groups excluding carboxylic acids is 2. The fourth-order valence-electron chi connectivity index (χ4n) is 3.49. The molecular weight excluding hydrogens is 405 g/mol. The van der Waals surface area contributed by atoms with E-state index in [9.17, 15) is 9.59 Å². The van der Waals surface area contributed by atoms with Gasteiger partial charge in [0.1, 0.15) is 0 Å². The van der Waals surface area contributed by atoms with Crippen LogP contribution in [0.2, 0.25) is 14.6 Å². The van der Waals surface area contributed by atoms with Gasteiger partial charge in [-0.25, -0.2) is 0 Å². The molecule has 0 bridgehead atoms. The van der Waals surface area contributed by atoms with Crippen LogP contribution in [0.4, 0.5) is 11.4 Å². The predicted octanol–water partition coefficient (Wildman–Crippen LogP) is 2.63. The van der Waals surface area contributed by atoms with Crippen LogP contribution in [0.3, 0.4) is 0 Å². The van der Waals surface area contributed by atoms with Crippen LogP contribution < -0.4 is 16.0 Å². The molecule has 0 aromatic heterocycles. The summed E-state index contributed by atoms with van der Waals surface area (Å²) < 4.78 is 5.95. The second kappa shape index (κ2) is 9.22. The Morgan fingerprint density at radius 1 is 1.33 bits per heavy atom. The average molecular weight is 435 g/mol. The van der Waals surface area contributed by atoms with Crippen molar-refractivity contribution in [3.8, 4) is 0 Å². The Morgan fingerprint density at radius 3 is 2.59 bits per heavy atom. The van der Waals surface area contributed by atoms with Crippen LogP contribution in [0.1, 0.15) is 26.7 Å². The number of amides is 2. The second-order valence-electron chi connectivity index (χ2n) is 7.71. The summed E-state index contributed by atoms with van der Waals surface area (Å²) in [5.41, 5.74) is 7.62. The minimum atomic E-state index is -1.29. The molecule has 1 aromatic rings. The van der Waals surface area contributed by atoms with Crippen molar-refractivity contribution in [2.24, 2.45) is 11.7 Å². The Hall–Kier alpha value is -1.36. The monoisotopic (exact) mass is 435 g/mol. The van der Waals surface area contributed by atoms with E-state index in [0.29, 0.717) is 25.6 Å². The van der Waals surface area contributed by atoms with Gasteiger partial charge in [0.15, 0.2) is 0 Å². The molecule has 1 aliphatic carbocycles. The fourth-order valence-corrected chi connectivity index (χ4v) is 10.5. The third-order valence-corrected chi connectivity index (χ3v) is 13.0. The molecule has 1 aliphatic heterocycles. The second-order valence-corrected chi connectivity index (χ2v) is 13.5. The summed E-state index contributed by atoms with van der Waals surface area (Å²) in [7, 11) is 0. The maximum absolute atomic E-state index is 12.9. The molecule has 0 spiro atoms. The molecule has 2 aliphatic rings. The quantitative estimate of drug-likeness (QED) is 0.615. The number of carbonyl (C=O) groups is 2. The van der Waals surface area contributed by atoms with Gasteiger partial charge in [0.2, 0.25) is 0 Å². The van der Waals surface area contributed by atoms with Crippen molar-refractivity contribution < 1.29 is 14.3 Å². The van der Waals surface area contributed by atoms with Crippen LogP contribution in [-0.4, -0.2) is 52.8 Å². The molecule has 1 saturated carbocycles. The van der Waals surface area contributed by atoms with Crippen LogP contribution >= 0.6 is 0 Å². The predicted molar refractivity (Wildman–Crippen MR) is 109 cm³/mol. The molecule has 1 unspecified atom stereocenters. The zero-order chi connectivity index (χ0) is 19.4. The van der Waals surface area contributed by atoms with E-state index in [4.69, 9.17) is 10.5 Å². The summed E-state index contributed by atoms with van der Waals surface area (Å²) in [5, 5.41) is 4.25. The molecule has 1 heterocycles. The summed E-state index contributed by atoms with van der Waals surface area (Å²) in [6.07, 6.45) is 2.55. The summed E-state index contributed by atoms with van der Waals surface area (Å²) >= 11 is -1.29. The van der Waals surface area contributed by atoms with E-state index < -0.39 is 14.7 Å². The van der Waals surface area contributed by atoms with Gasteiger partial charge in [0.25, 0.3) is 0 Å². The Balaban J connectivity index is 1.64. The summed E-state index contributed by atoms with van der Waals surface area (Å²) in [6, 6.07) is 7.47. The van der Waals surface area contributed by atoms with Crippen molar-refractivity contribution in [1.29, 1.82) is 0 Å². The summed E-state index contributed by atoms with van der Waals surface area (Å²) in [5.74, 6) is 0.659. The van der Waals surface area contributed by atoms with Crippen LogP contribution in [-0.2, 0) is 14.3 Å². The molecule has 1 saturated heterocycles. The van der Waals surface area contributed by atoms with Crippen molar-refractivity contribution in [2.45, 2.75) is 41.3 Å². The molecule has 7 heteroatoms. The van der Waals surface area contributed by atoms with E-state index >= 15 is 0 Å². The zero-order valence-electron chi connectivity index (χ0n) is 16.2. The van der Waals surface area contributed by atoms with Gasteiger partial charge in [-0.2, -0.15) is 0 Å². The van der Waals surface area contributed by atoms with Gasteiger partial charge in [-0.3, -0.25) is 0 Å². The van der Waals surface area contributed by atoms with E-state index in [-0.39, 0.29) is 23.1 Å². The third-order valence-electron chi connectivity index (χ3n) is 4.95. The van der Waals surface area contributed by atoms with Crippen LogP contribution in [0.25, 0.3) is 0 Å². The minimum absolute atomic E-state index is 0.00658. The standard InChI is InChI=1S/C20H30AsN3O3/c1-14(2)11-21(15-3-4-15)18(12-22)20(26)23-16-5-7-17(8-6-16)24-9-10-27-13-19(24)25/h5-8,14-15,18H,3-4,9-13,22H2,1-2H3,(H,23,26)/t18-,21?/m1/s1. The van der Waals surface area contributed by atoms with E-state index in [2.05, 4.69) is 19.2 Å². The molecule has 1 aromatic carbocycles. The first-order valence-electron chi connectivity index (χ1n) is 9.74. The van der Waals surface area contributed by atoms with Gasteiger partial charge >= 0.3 is 166 Å². The number of ether oxygens (including phenoxy) is 1. The van der Waals surface area contributed by atoms with Gasteiger partial charge in [-0.15, -0.1) is 0 Å². The molecule has 3 N–H and O–H groups in total. The van der Waals surface area contributed by atoms with Crippen molar-refractivity contribution in [3.63, 3.8) is 0 Å². The van der Waals surface area contributed by atoms with E-state index in [0.717, 1.165) is 16.1 Å². The number of hydrogen-bond acceptors (Lipinski definition) is 4. The number of anilines is 2. The molecular formula is C20H30AsN3O3. The van der Waals surface area contributed by atoms with Gasteiger partial charge < -0.3 is 0 Å². The van der Waals surface area contributed by atoms with Crippen LogP contribution in [0.15, 0.2) is 24.3 Å². The summed E-state index contributed by atoms with van der Waals surface area (Å²) in [4.78, 5) is 26.6. The normalized spacial score (nSPS) is 19.9. The number of rotatable bonds is 8. The van der Waals surface area contributed by atoms with E-state index in [1.165, 1.54) is 18.1 Å². The van der Waals surface area contributed by atoms with E-state index in [1.54, 1.807) is 4.90 Å². The van der Waals surface area contributed by atoms with E-state index in [1.807, 2.05) is 24.3 Å².